The summed E-state index contributed by atoms with van der Waals surface area (Å²) in [6, 6.07) is 44.5. The third-order valence-electron chi connectivity index (χ3n) is 7.15. The summed E-state index contributed by atoms with van der Waals surface area (Å²) in [5.41, 5.74) is 2.75. The SMILES string of the molecule is O=C(O)[C@H](Cc1cccc(OCc2ccccc2)c1)NC(=O)C(c1ccccc1)(c1ccccc1)c1ccccc1. The topological polar surface area (TPSA) is 75.6 Å². The Bertz CT molecular complexity index is 1480. The fourth-order valence-electron chi connectivity index (χ4n) is 5.16. The van der Waals surface area contributed by atoms with Gasteiger partial charge in [-0.3, -0.25) is 4.79 Å². The molecule has 0 saturated carbocycles. The van der Waals surface area contributed by atoms with Crippen molar-refractivity contribution in [2.24, 2.45) is 0 Å². The molecule has 1 atom stereocenters. The highest BCUT2D eigenvalue weighted by atomic mass is 16.5. The Labute approximate surface area is 240 Å². The maximum absolute atomic E-state index is 14.5. The Hall–Kier alpha value is -5.16. The van der Waals surface area contributed by atoms with E-state index in [9.17, 15) is 14.7 Å². The standard InChI is InChI=1S/C36H31NO4/c38-34(39)33(25-28-16-13-23-32(24-28)41-26-27-14-5-1-6-15-27)37-35(40)36(29-17-7-2-8-18-29,30-19-9-3-10-20-30)31-21-11-4-12-22-31/h1-24,33H,25-26H2,(H,37,40)(H,38,39)/t33-/m0/s1. The van der Waals surface area contributed by atoms with Crippen LogP contribution in [0.2, 0.25) is 0 Å². The van der Waals surface area contributed by atoms with Crippen molar-refractivity contribution < 1.29 is 19.4 Å². The number of carboxylic acids is 1. The zero-order chi connectivity index (χ0) is 28.5. The maximum Gasteiger partial charge on any atom is 0.326 e. The molecule has 0 aliphatic carbocycles. The van der Waals surface area contributed by atoms with E-state index < -0.39 is 23.3 Å². The van der Waals surface area contributed by atoms with Gasteiger partial charge in [0.05, 0.1) is 0 Å². The monoisotopic (exact) mass is 541 g/mol. The fraction of sp³-hybridized carbons (Fsp3) is 0.111. The molecule has 1 amide bonds. The Kier molecular flexibility index (Phi) is 8.55. The zero-order valence-corrected chi connectivity index (χ0v) is 22.5. The van der Waals surface area contributed by atoms with E-state index >= 15 is 0 Å². The van der Waals surface area contributed by atoms with Crippen LogP contribution < -0.4 is 10.1 Å². The number of hydrogen-bond acceptors (Lipinski definition) is 3. The summed E-state index contributed by atoms with van der Waals surface area (Å²) >= 11 is 0. The van der Waals surface area contributed by atoms with Gasteiger partial charge in [-0.1, -0.05) is 133 Å². The van der Waals surface area contributed by atoms with Crippen LogP contribution in [-0.4, -0.2) is 23.0 Å². The summed E-state index contributed by atoms with van der Waals surface area (Å²) in [7, 11) is 0. The van der Waals surface area contributed by atoms with Crippen molar-refractivity contribution in [1.29, 1.82) is 0 Å². The van der Waals surface area contributed by atoms with Crippen LogP contribution in [0.3, 0.4) is 0 Å². The second-order valence-corrected chi connectivity index (χ2v) is 9.84. The molecule has 2 N–H and O–H groups in total. The van der Waals surface area contributed by atoms with E-state index in [0.29, 0.717) is 12.4 Å². The molecule has 0 unspecified atom stereocenters. The number of amides is 1. The van der Waals surface area contributed by atoms with Crippen LogP contribution in [-0.2, 0) is 28.0 Å². The van der Waals surface area contributed by atoms with Crippen LogP contribution in [0, 0.1) is 0 Å². The number of rotatable bonds is 11. The lowest BCUT2D eigenvalue weighted by Crippen LogP contribution is -2.52. The Morgan fingerprint density at radius 1 is 0.634 bits per heavy atom. The van der Waals surface area contributed by atoms with Gasteiger partial charge in [0.2, 0.25) is 5.91 Å². The average molecular weight is 542 g/mol. The first-order chi connectivity index (χ1) is 20.1. The fourth-order valence-corrected chi connectivity index (χ4v) is 5.16. The van der Waals surface area contributed by atoms with Gasteiger partial charge in [0.25, 0.3) is 0 Å². The van der Waals surface area contributed by atoms with Gasteiger partial charge in [-0.15, -0.1) is 0 Å². The van der Waals surface area contributed by atoms with Gasteiger partial charge in [-0.25, -0.2) is 4.79 Å². The van der Waals surface area contributed by atoms with Crippen molar-refractivity contribution >= 4 is 11.9 Å². The van der Waals surface area contributed by atoms with Crippen molar-refractivity contribution in [3.63, 3.8) is 0 Å². The average Bonchev–Trinajstić information content (AvgIpc) is 3.02. The molecule has 5 aromatic carbocycles. The summed E-state index contributed by atoms with van der Waals surface area (Å²) in [5.74, 6) is -0.893. The first-order valence-electron chi connectivity index (χ1n) is 13.5. The van der Waals surface area contributed by atoms with E-state index in [0.717, 1.165) is 27.8 Å². The van der Waals surface area contributed by atoms with Crippen LogP contribution in [0.5, 0.6) is 5.75 Å². The zero-order valence-electron chi connectivity index (χ0n) is 22.5. The van der Waals surface area contributed by atoms with Crippen LogP contribution in [0.15, 0.2) is 146 Å². The minimum absolute atomic E-state index is 0.0953. The van der Waals surface area contributed by atoms with Gasteiger partial charge < -0.3 is 15.2 Å². The Balaban J connectivity index is 1.47. The summed E-state index contributed by atoms with van der Waals surface area (Å²) < 4.78 is 5.95. The van der Waals surface area contributed by atoms with E-state index in [1.807, 2.05) is 146 Å². The number of ether oxygens (including phenoxy) is 1. The molecule has 0 aliphatic heterocycles. The number of hydrogen-bond donors (Lipinski definition) is 2. The first-order valence-corrected chi connectivity index (χ1v) is 13.5. The molecule has 0 radical (unpaired) electrons. The molecular weight excluding hydrogens is 510 g/mol. The first kappa shape index (κ1) is 27.4. The number of carbonyl (C=O) groups is 2. The smallest absolute Gasteiger partial charge is 0.326 e. The highest BCUT2D eigenvalue weighted by Gasteiger charge is 2.45. The normalized spacial score (nSPS) is 11.8. The van der Waals surface area contributed by atoms with Crippen LogP contribution in [0.25, 0.3) is 0 Å². The second-order valence-electron chi connectivity index (χ2n) is 9.84. The van der Waals surface area contributed by atoms with Gasteiger partial charge >= 0.3 is 5.97 Å². The van der Waals surface area contributed by atoms with Gasteiger partial charge in [0, 0.05) is 6.42 Å². The molecule has 41 heavy (non-hydrogen) atoms. The molecule has 0 saturated heterocycles. The Morgan fingerprint density at radius 3 is 1.59 bits per heavy atom. The van der Waals surface area contributed by atoms with Crippen LogP contribution >= 0.6 is 0 Å². The number of carbonyl (C=O) groups excluding carboxylic acids is 1. The van der Waals surface area contributed by atoms with Gasteiger partial charge in [0.15, 0.2) is 0 Å². The number of nitrogens with one attached hydrogen (secondary N) is 1. The largest absolute Gasteiger partial charge is 0.489 e. The molecule has 5 heteroatoms. The lowest BCUT2D eigenvalue weighted by atomic mass is 9.68. The molecule has 0 fully saturated rings. The van der Waals surface area contributed by atoms with Gasteiger partial charge in [-0.2, -0.15) is 0 Å². The predicted octanol–water partition coefficient (Wildman–Crippen LogP) is 6.41. The molecular formula is C36H31NO4. The number of aliphatic carboxylic acids is 1. The van der Waals surface area contributed by atoms with Crippen molar-refractivity contribution in [3.05, 3.63) is 173 Å². The summed E-state index contributed by atoms with van der Waals surface area (Å²) in [6.07, 6.45) is 0.0953. The third kappa shape index (κ3) is 6.20. The van der Waals surface area contributed by atoms with E-state index in [1.165, 1.54) is 0 Å². The van der Waals surface area contributed by atoms with Crippen molar-refractivity contribution in [2.75, 3.05) is 0 Å². The Morgan fingerprint density at radius 2 is 1.10 bits per heavy atom. The molecule has 5 rings (SSSR count). The molecule has 204 valence electrons. The molecule has 0 aromatic heterocycles. The highest BCUT2D eigenvalue weighted by Crippen LogP contribution is 2.39. The van der Waals surface area contributed by atoms with E-state index in [4.69, 9.17) is 4.74 Å². The third-order valence-corrected chi connectivity index (χ3v) is 7.15. The lowest BCUT2D eigenvalue weighted by Gasteiger charge is -2.35. The molecule has 0 aliphatic rings. The maximum atomic E-state index is 14.5. The number of benzene rings is 5. The summed E-state index contributed by atoms with van der Waals surface area (Å²) in [4.78, 5) is 27.0. The van der Waals surface area contributed by atoms with E-state index in [2.05, 4.69) is 5.32 Å². The van der Waals surface area contributed by atoms with E-state index in [-0.39, 0.29) is 6.42 Å². The molecule has 0 spiro atoms. The second kappa shape index (κ2) is 12.8. The quantitative estimate of drug-likeness (QED) is 0.190. The highest BCUT2D eigenvalue weighted by molar-refractivity contribution is 5.98. The van der Waals surface area contributed by atoms with Crippen molar-refractivity contribution in [1.82, 2.24) is 5.32 Å². The molecule has 0 heterocycles. The van der Waals surface area contributed by atoms with Crippen molar-refractivity contribution in [2.45, 2.75) is 24.5 Å². The summed E-state index contributed by atoms with van der Waals surface area (Å²) in [6.45, 7) is 0.400. The van der Waals surface area contributed by atoms with Crippen LogP contribution in [0.4, 0.5) is 0 Å². The predicted molar refractivity (Wildman–Crippen MR) is 160 cm³/mol. The summed E-state index contributed by atoms with van der Waals surface area (Å²) in [5, 5.41) is 13.1. The van der Waals surface area contributed by atoms with E-state index in [1.54, 1.807) is 0 Å². The molecule has 0 bridgehead atoms. The minimum Gasteiger partial charge on any atom is -0.489 e. The minimum atomic E-state index is -1.27. The number of carboxylic acid groups (broad SMARTS) is 1. The lowest BCUT2D eigenvalue weighted by molar-refractivity contribution is -0.142. The van der Waals surface area contributed by atoms with Crippen LogP contribution in [0.1, 0.15) is 27.8 Å². The van der Waals surface area contributed by atoms with Crippen molar-refractivity contribution in [3.8, 4) is 5.75 Å². The van der Waals surface area contributed by atoms with Gasteiger partial charge in [-0.05, 0) is 39.9 Å². The van der Waals surface area contributed by atoms with Gasteiger partial charge in [0.1, 0.15) is 23.8 Å². The molecule has 5 aromatic rings. The molecule has 5 nitrogen and oxygen atoms in total.